The van der Waals surface area contributed by atoms with Gasteiger partial charge < -0.3 is 0 Å². The molecule has 1 atom stereocenters. The fraction of sp³-hybridized carbons (Fsp3) is 0.500. The maximum Gasteiger partial charge on any atom is 0.176 e. The Hall–Kier alpha value is -0.630. The van der Waals surface area contributed by atoms with Crippen molar-refractivity contribution >= 4 is 21.7 Å². The SMILES string of the molecule is CCCC(Br)C(=O)c1c(C)cc(C)cc1C. The number of hydrogen-bond acceptors (Lipinski definition) is 1. The van der Waals surface area contributed by atoms with Gasteiger partial charge in [0.15, 0.2) is 5.78 Å². The lowest BCUT2D eigenvalue weighted by Crippen LogP contribution is -2.16. The number of alkyl halides is 1. The third-order valence-corrected chi connectivity index (χ3v) is 3.62. The standard InChI is InChI=1S/C14H19BrO/c1-5-6-12(15)14(16)13-10(3)7-9(2)8-11(13)4/h7-8,12H,5-6H2,1-4H3. The molecule has 1 aromatic rings. The second-order valence-corrected chi connectivity index (χ2v) is 5.50. The van der Waals surface area contributed by atoms with Crippen LogP contribution >= 0.6 is 15.9 Å². The third-order valence-electron chi connectivity index (χ3n) is 2.75. The molecule has 0 aliphatic carbocycles. The van der Waals surface area contributed by atoms with Gasteiger partial charge in [-0.2, -0.15) is 0 Å². The summed E-state index contributed by atoms with van der Waals surface area (Å²) in [6.45, 7) is 8.18. The second-order valence-electron chi connectivity index (χ2n) is 4.39. The lowest BCUT2D eigenvalue weighted by atomic mass is 9.94. The molecule has 1 rings (SSSR count). The van der Waals surface area contributed by atoms with Crippen LogP contribution in [0.15, 0.2) is 12.1 Å². The van der Waals surface area contributed by atoms with Gasteiger partial charge in [0.2, 0.25) is 0 Å². The van der Waals surface area contributed by atoms with Gasteiger partial charge in [-0.15, -0.1) is 0 Å². The van der Waals surface area contributed by atoms with Crippen molar-refractivity contribution in [1.29, 1.82) is 0 Å². The van der Waals surface area contributed by atoms with E-state index in [1.165, 1.54) is 5.56 Å². The molecule has 0 heterocycles. The summed E-state index contributed by atoms with van der Waals surface area (Å²) in [7, 11) is 0. The summed E-state index contributed by atoms with van der Waals surface area (Å²) in [5.41, 5.74) is 4.28. The van der Waals surface area contributed by atoms with Gasteiger partial charge in [0.25, 0.3) is 0 Å². The van der Waals surface area contributed by atoms with Crippen molar-refractivity contribution in [2.24, 2.45) is 0 Å². The summed E-state index contributed by atoms with van der Waals surface area (Å²) >= 11 is 3.48. The number of benzene rings is 1. The van der Waals surface area contributed by atoms with Gasteiger partial charge in [-0.25, -0.2) is 0 Å². The van der Waals surface area contributed by atoms with Crippen molar-refractivity contribution in [1.82, 2.24) is 0 Å². The molecule has 0 aromatic heterocycles. The molecule has 1 unspecified atom stereocenters. The van der Waals surface area contributed by atoms with E-state index in [1.54, 1.807) is 0 Å². The minimum Gasteiger partial charge on any atom is -0.293 e. The molecule has 0 N–H and O–H groups in total. The average molecular weight is 283 g/mol. The predicted molar refractivity (Wildman–Crippen MR) is 72.6 cm³/mol. The number of Topliss-reactive ketones (excluding diaryl/α,β-unsaturated/α-hetero) is 1. The van der Waals surface area contributed by atoms with E-state index in [9.17, 15) is 4.79 Å². The Bertz CT molecular complexity index is 373. The summed E-state index contributed by atoms with van der Waals surface area (Å²) < 4.78 is 0. The maximum atomic E-state index is 12.2. The number of hydrogen-bond donors (Lipinski definition) is 0. The maximum absolute atomic E-state index is 12.2. The van der Waals surface area contributed by atoms with Crippen LogP contribution in [0.25, 0.3) is 0 Å². The molecule has 2 heteroatoms. The summed E-state index contributed by atoms with van der Waals surface area (Å²) in [6, 6.07) is 4.15. The summed E-state index contributed by atoms with van der Waals surface area (Å²) in [6.07, 6.45) is 1.91. The van der Waals surface area contributed by atoms with Crippen molar-refractivity contribution in [3.05, 3.63) is 34.4 Å². The number of carbonyl (C=O) groups is 1. The molecule has 0 radical (unpaired) electrons. The van der Waals surface area contributed by atoms with Gasteiger partial charge in [-0.05, 0) is 38.3 Å². The van der Waals surface area contributed by atoms with Gasteiger partial charge >= 0.3 is 0 Å². The van der Waals surface area contributed by atoms with Gasteiger partial charge in [0.1, 0.15) is 0 Å². The number of carbonyl (C=O) groups excluding carboxylic acids is 1. The molecule has 88 valence electrons. The smallest absolute Gasteiger partial charge is 0.176 e. The average Bonchev–Trinajstić information content (AvgIpc) is 2.16. The van der Waals surface area contributed by atoms with E-state index in [4.69, 9.17) is 0 Å². The van der Waals surface area contributed by atoms with E-state index in [2.05, 4.69) is 41.9 Å². The molecule has 0 spiro atoms. The number of aryl methyl sites for hydroxylation is 3. The van der Waals surface area contributed by atoms with E-state index < -0.39 is 0 Å². The van der Waals surface area contributed by atoms with Crippen LogP contribution in [0.5, 0.6) is 0 Å². The first kappa shape index (κ1) is 13.4. The van der Waals surface area contributed by atoms with Crippen LogP contribution < -0.4 is 0 Å². The van der Waals surface area contributed by atoms with Crippen LogP contribution in [0.2, 0.25) is 0 Å². The Kier molecular flexibility index (Phi) is 4.72. The molecular formula is C14H19BrO. The van der Waals surface area contributed by atoms with E-state index in [0.29, 0.717) is 0 Å². The van der Waals surface area contributed by atoms with E-state index in [1.807, 2.05) is 13.8 Å². The zero-order valence-electron chi connectivity index (χ0n) is 10.4. The van der Waals surface area contributed by atoms with Crippen molar-refractivity contribution in [3.63, 3.8) is 0 Å². The lowest BCUT2D eigenvalue weighted by Gasteiger charge is -2.13. The highest BCUT2D eigenvalue weighted by Crippen LogP contribution is 2.22. The van der Waals surface area contributed by atoms with Crippen molar-refractivity contribution < 1.29 is 4.79 Å². The van der Waals surface area contributed by atoms with Crippen LogP contribution in [0, 0.1) is 20.8 Å². The van der Waals surface area contributed by atoms with Crippen LogP contribution in [-0.2, 0) is 0 Å². The van der Waals surface area contributed by atoms with Gasteiger partial charge in [0.05, 0.1) is 4.83 Å². The normalized spacial score (nSPS) is 12.6. The molecule has 1 aromatic carbocycles. The van der Waals surface area contributed by atoms with Crippen LogP contribution in [0.1, 0.15) is 46.8 Å². The highest BCUT2D eigenvalue weighted by Gasteiger charge is 2.19. The van der Waals surface area contributed by atoms with Crippen molar-refractivity contribution in [3.8, 4) is 0 Å². The Morgan fingerprint density at radius 2 is 1.75 bits per heavy atom. The minimum atomic E-state index is -0.0439. The van der Waals surface area contributed by atoms with E-state index in [0.717, 1.165) is 29.5 Å². The Morgan fingerprint density at radius 3 is 2.19 bits per heavy atom. The topological polar surface area (TPSA) is 17.1 Å². The molecule has 0 saturated heterocycles. The van der Waals surface area contributed by atoms with Crippen LogP contribution in [0.4, 0.5) is 0 Å². The monoisotopic (exact) mass is 282 g/mol. The van der Waals surface area contributed by atoms with Gasteiger partial charge in [0, 0.05) is 5.56 Å². The third kappa shape index (κ3) is 2.94. The molecule has 0 aliphatic heterocycles. The van der Waals surface area contributed by atoms with Gasteiger partial charge in [-0.3, -0.25) is 4.79 Å². The highest BCUT2D eigenvalue weighted by molar-refractivity contribution is 9.10. The molecule has 0 amide bonds. The Morgan fingerprint density at radius 1 is 1.25 bits per heavy atom. The second kappa shape index (κ2) is 5.62. The fourth-order valence-electron chi connectivity index (χ4n) is 2.11. The van der Waals surface area contributed by atoms with E-state index >= 15 is 0 Å². The van der Waals surface area contributed by atoms with Crippen molar-refractivity contribution in [2.45, 2.75) is 45.4 Å². The van der Waals surface area contributed by atoms with Gasteiger partial charge in [-0.1, -0.05) is 47.0 Å². The number of halogens is 1. The molecule has 0 aliphatic rings. The Labute approximate surface area is 106 Å². The zero-order chi connectivity index (χ0) is 12.3. The molecule has 16 heavy (non-hydrogen) atoms. The zero-order valence-corrected chi connectivity index (χ0v) is 12.0. The lowest BCUT2D eigenvalue weighted by molar-refractivity contribution is 0.0987. The van der Waals surface area contributed by atoms with Crippen LogP contribution in [0.3, 0.4) is 0 Å². The fourth-order valence-corrected chi connectivity index (χ4v) is 2.80. The highest BCUT2D eigenvalue weighted by atomic mass is 79.9. The molecule has 0 fully saturated rings. The number of ketones is 1. The largest absolute Gasteiger partial charge is 0.293 e. The predicted octanol–water partition coefficient (Wildman–Crippen LogP) is 4.36. The first-order chi connectivity index (χ1) is 7.47. The van der Waals surface area contributed by atoms with Crippen LogP contribution in [-0.4, -0.2) is 10.6 Å². The minimum absolute atomic E-state index is 0.0439. The quantitative estimate of drug-likeness (QED) is 0.592. The molecule has 0 bridgehead atoms. The number of rotatable bonds is 4. The van der Waals surface area contributed by atoms with Crippen molar-refractivity contribution in [2.75, 3.05) is 0 Å². The molecular weight excluding hydrogens is 264 g/mol. The Balaban J connectivity index is 3.08. The summed E-state index contributed by atoms with van der Waals surface area (Å²) in [5.74, 6) is 0.219. The summed E-state index contributed by atoms with van der Waals surface area (Å²) in [5, 5.41) is 0. The molecule has 1 nitrogen and oxygen atoms in total. The van der Waals surface area contributed by atoms with E-state index in [-0.39, 0.29) is 10.6 Å². The summed E-state index contributed by atoms with van der Waals surface area (Å²) in [4.78, 5) is 12.2. The first-order valence-corrected chi connectivity index (χ1v) is 6.65. The first-order valence-electron chi connectivity index (χ1n) is 5.73. The molecule has 0 saturated carbocycles.